The van der Waals surface area contributed by atoms with Gasteiger partial charge in [-0.3, -0.25) is 0 Å². The van der Waals surface area contributed by atoms with E-state index in [9.17, 15) is 36.2 Å². The number of rotatable bonds is 8. The van der Waals surface area contributed by atoms with Gasteiger partial charge in [0.1, 0.15) is 23.0 Å². The second-order valence-electron chi connectivity index (χ2n) is 11.3. The van der Waals surface area contributed by atoms with Crippen molar-refractivity contribution in [2.45, 2.75) is 82.3 Å². The highest BCUT2D eigenvalue weighted by Gasteiger charge is 2.47. The van der Waals surface area contributed by atoms with Gasteiger partial charge in [-0.25, -0.2) is 9.78 Å². The summed E-state index contributed by atoms with van der Waals surface area (Å²) in [7, 11) is 0. The highest BCUT2D eigenvalue weighted by molar-refractivity contribution is 5.89. The molecule has 0 radical (unpaired) electrons. The quantitative estimate of drug-likeness (QED) is 0.267. The number of hydrogen-bond acceptors (Lipinski definition) is 7. The van der Waals surface area contributed by atoms with Crippen LogP contribution in [0.15, 0.2) is 41.1 Å². The first-order valence-electron chi connectivity index (χ1n) is 13.8. The maximum Gasteiger partial charge on any atom is 0.573 e. The first-order valence-corrected chi connectivity index (χ1v) is 13.8. The summed E-state index contributed by atoms with van der Waals surface area (Å²) < 4.78 is 96.5. The molecule has 43 heavy (non-hydrogen) atoms. The Morgan fingerprint density at radius 1 is 1.12 bits per heavy atom. The van der Waals surface area contributed by atoms with E-state index in [2.05, 4.69) is 14.9 Å². The standard InChI is InChI=1S/C29H27F6N3O5/c1-14-8-16-9-17(10-22(14)38(16)24-11-21(28(30,31)32)19(12-36-24)27(39)40)41-13-20-25(37-43-26(20)15-6-7-15)18-4-2-3-5-23(18)42-29(33,34)35/h2-5,11-12,14-17,22H,6-10,13H2,1H3,(H,39,40)/t14-,16?,17?,22?/m1/s1. The molecule has 1 saturated carbocycles. The predicted octanol–water partition coefficient (Wildman–Crippen LogP) is 7.19. The third-order valence-electron chi connectivity index (χ3n) is 8.38. The Balaban J connectivity index is 1.23. The highest BCUT2D eigenvalue weighted by Crippen LogP contribution is 2.47. The summed E-state index contributed by atoms with van der Waals surface area (Å²) >= 11 is 0. The number of carboxylic acid groups (broad SMARTS) is 1. The molecule has 8 nitrogen and oxygen atoms in total. The van der Waals surface area contributed by atoms with Crippen LogP contribution in [0, 0.1) is 5.92 Å². The molecular formula is C29H27F6N3O5. The summed E-state index contributed by atoms with van der Waals surface area (Å²) in [5, 5.41) is 13.3. The summed E-state index contributed by atoms with van der Waals surface area (Å²) in [6, 6.07) is 6.06. The molecule has 4 heterocycles. The maximum atomic E-state index is 13.7. The smallest absolute Gasteiger partial charge is 0.478 e. The SMILES string of the molecule is C[C@@H]1CC2CC(OCc3c(-c4ccccc4OC(F)(F)F)noc3C3CC3)CC1N2c1cc(C(F)(F)F)c(C(=O)O)cn1. The Labute approximate surface area is 241 Å². The normalized spacial score (nSPS) is 23.9. The van der Waals surface area contributed by atoms with Gasteiger partial charge in [0.05, 0.1) is 23.8 Å². The van der Waals surface area contributed by atoms with E-state index in [1.807, 2.05) is 11.8 Å². The van der Waals surface area contributed by atoms with Crippen LogP contribution in [0.4, 0.5) is 32.2 Å². The number of benzene rings is 1. The molecule has 2 saturated heterocycles. The van der Waals surface area contributed by atoms with Crippen molar-refractivity contribution in [1.82, 2.24) is 10.1 Å². The predicted molar refractivity (Wildman–Crippen MR) is 138 cm³/mol. The Kier molecular flexibility index (Phi) is 7.30. The largest absolute Gasteiger partial charge is 0.573 e. The molecule has 0 amide bonds. The molecule has 3 unspecified atom stereocenters. The molecule has 3 fully saturated rings. The monoisotopic (exact) mass is 611 g/mol. The molecule has 2 aromatic heterocycles. The third kappa shape index (κ3) is 5.89. The number of alkyl halides is 6. The fourth-order valence-corrected chi connectivity index (χ4v) is 6.37. The molecule has 3 aromatic rings. The summed E-state index contributed by atoms with van der Waals surface area (Å²) in [5.41, 5.74) is -1.29. The lowest BCUT2D eigenvalue weighted by molar-refractivity contribution is -0.274. The van der Waals surface area contributed by atoms with E-state index < -0.39 is 35.4 Å². The molecule has 1 N–H and O–H groups in total. The molecule has 2 bridgehead atoms. The number of ether oxygens (including phenoxy) is 2. The van der Waals surface area contributed by atoms with Gasteiger partial charge in [0.2, 0.25) is 0 Å². The van der Waals surface area contributed by atoms with E-state index in [0.29, 0.717) is 30.6 Å². The minimum atomic E-state index is -4.90. The minimum absolute atomic E-state index is 0.0211. The van der Waals surface area contributed by atoms with E-state index in [-0.39, 0.29) is 53.7 Å². The van der Waals surface area contributed by atoms with Crippen molar-refractivity contribution in [3.8, 4) is 17.0 Å². The van der Waals surface area contributed by atoms with Gasteiger partial charge in [-0.1, -0.05) is 24.2 Å². The average molecular weight is 612 g/mol. The lowest BCUT2D eigenvalue weighted by atomic mass is 9.96. The number of anilines is 1. The third-order valence-corrected chi connectivity index (χ3v) is 8.38. The number of para-hydroxylation sites is 1. The van der Waals surface area contributed by atoms with Crippen LogP contribution in [-0.4, -0.2) is 45.8 Å². The number of nitrogens with zero attached hydrogens (tertiary/aromatic N) is 3. The molecule has 4 atom stereocenters. The van der Waals surface area contributed by atoms with E-state index in [4.69, 9.17) is 9.26 Å². The van der Waals surface area contributed by atoms with E-state index in [0.717, 1.165) is 25.1 Å². The van der Waals surface area contributed by atoms with Crippen molar-refractivity contribution in [1.29, 1.82) is 0 Å². The zero-order chi connectivity index (χ0) is 30.7. The van der Waals surface area contributed by atoms with Gasteiger partial charge in [0, 0.05) is 35.3 Å². The summed E-state index contributed by atoms with van der Waals surface area (Å²) in [5.74, 6) is -1.29. The average Bonchev–Trinajstić information content (AvgIpc) is 3.65. The Morgan fingerprint density at radius 3 is 2.51 bits per heavy atom. The molecule has 3 aliphatic rings. The van der Waals surface area contributed by atoms with Gasteiger partial charge >= 0.3 is 18.5 Å². The van der Waals surface area contributed by atoms with E-state index >= 15 is 0 Å². The number of hydrogen-bond donors (Lipinski definition) is 1. The van der Waals surface area contributed by atoms with Crippen LogP contribution in [-0.2, 0) is 17.5 Å². The Bertz CT molecular complexity index is 1520. The lowest BCUT2D eigenvalue weighted by Gasteiger charge is -2.40. The van der Waals surface area contributed by atoms with Gasteiger partial charge in [-0.2, -0.15) is 13.2 Å². The van der Waals surface area contributed by atoms with Crippen LogP contribution >= 0.6 is 0 Å². The molecule has 6 rings (SSSR count). The molecule has 230 valence electrons. The van der Waals surface area contributed by atoms with Gasteiger partial charge in [-0.05, 0) is 56.2 Å². The summed E-state index contributed by atoms with van der Waals surface area (Å²) in [4.78, 5) is 17.3. The van der Waals surface area contributed by atoms with E-state index in [1.165, 1.54) is 18.2 Å². The Morgan fingerprint density at radius 2 is 1.86 bits per heavy atom. The zero-order valence-electron chi connectivity index (χ0n) is 22.8. The first kappa shape index (κ1) is 29.3. The maximum absolute atomic E-state index is 13.7. The van der Waals surface area contributed by atoms with Crippen LogP contribution in [0.5, 0.6) is 5.75 Å². The van der Waals surface area contributed by atoms with Crippen LogP contribution in [0.1, 0.15) is 72.2 Å². The number of carbonyl (C=O) groups is 1. The fraction of sp³-hybridized carbons (Fsp3) is 0.483. The summed E-state index contributed by atoms with van der Waals surface area (Å²) in [6.45, 7) is 2.02. The highest BCUT2D eigenvalue weighted by atomic mass is 19.4. The number of aromatic nitrogens is 2. The zero-order valence-corrected chi connectivity index (χ0v) is 22.8. The number of aromatic carboxylic acids is 1. The van der Waals surface area contributed by atoms with Crippen LogP contribution < -0.4 is 9.64 Å². The van der Waals surface area contributed by atoms with Crippen molar-refractivity contribution >= 4 is 11.8 Å². The number of halogens is 6. The lowest BCUT2D eigenvalue weighted by Crippen LogP contribution is -2.47. The van der Waals surface area contributed by atoms with Crippen molar-refractivity contribution in [2.24, 2.45) is 5.92 Å². The fourth-order valence-electron chi connectivity index (χ4n) is 6.37. The van der Waals surface area contributed by atoms with Crippen molar-refractivity contribution in [3.63, 3.8) is 0 Å². The number of pyridine rings is 1. The second-order valence-corrected chi connectivity index (χ2v) is 11.3. The number of piperidine rings is 1. The Hall–Kier alpha value is -3.81. The molecular weight excluding hydrogens is 584 g/mol. The molecule has 1 aromatic carbocycles. The molecule has 14 heteroatoms. The second kappa shape index (κ2) is 10.7. The molecule has 2 aliphatic heterocycles. The van der Waals surface area contributed by atoms with Gasteiger partial charge in [0.15, 0.2) is 0 Å². The summed E-state index contributed by atoms with van der Waals surface area (Å²) in [6.07, 6.45) is -5.98. The van der Waals surface area contributed by atoms with Gasteiger partial charge in [-0.15, -0.1) is 13.2 Å². The van der Waals surface area contributed by atoms with Gasteiger partial charge in [0.25, 0.3) is 0 Å². The van der Waals surface area contributed by atoms with Crippen molar-refractivity contribution in [2.75, 3.05) is 4.90 Å². The number of carboxylic acids is 1. The molecule has 0 spiro atoms. The van der Waals surface area contributed by atoms with Crippen molar-refractivity contribution < 1.29 is 50.2 Å². The van der Waals surface area contributed by atoms with E-state index in [1.54, 1.807) is 6.07 Å². The van der Waals surface area contributed by atoms with Crippen LogP contribution in [0.2, 0.25) is 0 Å². The van der Waals surface area contributed by atoms with Gasteiger partial charge < -0.3 is 24.0 Å². The minimum Gasteiger partial charge on any atom is -0.478 e. The first-order chi connectivity index (χ1) is 20.3. The van der Waals surface area contributed by atoms with Crippen molar-refractivity contribution in [3.05, 3.63) is 59.0 Å². The van der Waals surface area contributed by atoms with Crippen LogP contribution in [0.3, 0.4) is 0 Å². The topological polar surface area (TPSA) is 97.9 Å². The van der Waals surface area contributed by atoms with Crippen LogP contribution in [0.25, 0.3) is 11.3 Å². The molecule has 1 aliphatic carbocycles. The number of fused-ring (bicyclic) bond motifs is 2.